The van der Waals surface area contributed by atoms with Gasteiger partial charge < -0.3 is 4.42 Å². The quantitative estimate of drug-likeness (QED) is 0.227. The molecule has 0 saturated heterocycles. The van der Waals surface area contributed by atoms with Crippen LogP contribution in [0.4, 0.5) is 0 Å². The highest BCUT2D eigenvalue weighted by molar-refractivity contribution is 6.27. The monoisotopic (exact) mass is 284 g/mol. The molecule has 0 fully saturated rings. The summed E-state index contributed by atoms with van der Waals surface area (Å²) in [5, 5.41) is 8.00. The van der Waals surface area contributed by atoms with E-state index in [0.717, 1.165) is 10.8 Å². The second-order valence-corrected chi connectivity index (χ2v) is 5.87. The predicted octanol–water partition coefficient (Wildman–Crippen LogP) is 5.00. The summed E-state index contributed by atoms with van der Waals surface area (Å²) >= 11 is 0. The Morgan fingerprint density at radius 1 is 0.773 bits per heavy atom. The van der Waals surface area contributed by atoms with Gasteiger partial charge in [0.2, 0.25) is 0 Å². The van der Waals surface area contributed by atoms with Crippen LogP contribution >= 0.6 is 0 Å². The molecule has 0 bridgehead atoms. The molecule has 0 radical (unpaired) electrons. The summed E-state index contributed by atoms with van der Waals surface area (Å²) in [4.78, 5) is 11.9. The summed E-state index contributed by atoms with van der Waals surface area (Å²) in [6.07, 6.45) is 0. The standard InChI is InChI=1S/C20H12O2/c1-11-9-15-10-14-6-5-12-3-2-4-13-7-8-16(18(14)17(12)13)19(15)22-20(11)21/h2-10H,1H3. The number of hydrogen-bond acceptors (Lipinski definition) is 2. The summed E-state index contributed by atoms with van der Waals surface area (Å²) in [7, 11) is 0. The third-order valence-corrected chi connectivity index (χ3v) is 4.52. The van der Waals surface area contributed by atoms with Crippen LogP contribution in [0.5, 0.6) is 0 Å². The fraction of sp³-hybridized carbons (Fsp3) is 0.0500. The number of aryl methyl sites for hydroxylation is 1. The molecule has 0 N–H and O–H groups in total. The lowest BCUT2D eigenvalue weighted by molar-refractivity contribution is 0.558. The summed E-state index contributed by atoms with van der Waals surface area (Å²) in [5.41, 5.74) is 1.06. The van der Waals surface area contributed by atoms with Crippen LogP contribution in [0.3, 0.4) is 0 Å². The van der Waals surface area contributed by atoms with E-state index in [-0.39, 0.29) is 5.63 Å². The molecule has 2 nitrogen and oxygen atoms in total. The van der Waals surface area contributed by atoms with Crippen molar-refractivity contribution in [2.45, 2.75) is 6.92 Å². The van der Waals surface area contributed by atoms with Gasteiger partial charge in [-0.25, -0.2) is 4.79 Å². The van der Waals surface area contributed by atoms with Crippen molar-refractivity contribution in [1.29, 1.82) is 0 Å². The molecule has 0 atom stereocenters. The largest absolute Gasteiger partial charge is 0.422 e. The SMILES string of the molecule is Cc1cc2cc3ccc4cccc5ccc(c2oc1=O)c3c45. The zero-order valence-electron chi connectivity index (χ0n) is 12.0. The molecule has 1 heterocycles. The van der Waals surface area contributed by atoms with E-state index in [0.29, 0.717) is 11.1 Å². The lowest BCUT2D eigenvalue weighted by Crippen LogP contribution is -2.02. The molecule has 0 aliphatic rings. The smallest absolute Gasteiger partial charge is 0.339 e. The Hall–Kier alpha value is -2.87. The molecule has 5 aromatic rings. The first kappa shape index (κ1) is 11.8. The molecule has 104 valence electrons. The minimum atomic E-state index is -0.262. The Labute approximate surface area is 125 Å². The highest BCUT2D eigenvalue weighted by atomic mass is 16.4. The fourth-order valence-corrected chi connectivity index (χ4v) is 3.49. The van der Waals surface area contributed by atoms with E-state index >= 15 is 0 Å². The van der Waals surface area contributed by atoms with Crippen molar-refractivity contribution in [1.82, 2.24) is 0 Å². The number of fused-ring (bicyclic) bond motifs is 2. The van der Waals surface area contributed by atoms with Crippen molar-refractivity contribution in [3.8, 4) is 0 Å². The molecular weight excluding hydrogens is 272 g/mol. The molecular formula is C20H12O2. The molecule has 22 heavy (non-hydrogen) atoms. The summed E-state index contributed by atoms with van der Waals surface area (Å²) in [5.74, 6) is 0. The van der Waals surface area contributed by atoms with Crippen LogP contribution in [0.1, 0.15) is 5.56 Å². The van der Waals surface area contributed by atoms with Crippen molar-refractivity contribution < 1.29 is 4.42 Å². The van der Waals surface area contributed by atoms with E-state index in [1.807, 2.05) is 6.07 Å². The van der Waals surface area contributed by atoms with Gasteiger partial charge in [0.25, 0.3) is 0 Å². The van der Waals surface area contributed by atoms with Gasteiger partial charge in [0.05, 0.1) is 0 Å². The van der Waals surface area contributed by atoms with Gasteiger partial charge in [-0.15, -0.1) is 0 Å². The Bertz CT molecular complexity index is 1230. The second kappa shape index (κ2) is 3.86. The van der Waals surface area contributed by atoms with Crippen molar-refractivity contribution in [2.75, 3.05) is 0 Å². The average Bonchev–Trinajstić information content (AvgIpc) is 2.54. The summed E-state index contributed by atoms with van der Waals surface area (Å²) < 4.78 is 5.59. The van der Waals surface area contributed by atoms with Gasteiger partial charge in [-0.1, -0.05) is 36.4 Å². The second-order valence-electron chi connectivity index (χ2n) is 5.87. The van der Waals surface area contributed by atoms with Crippen molar-refractivity contribution in [3.63, 3.8) is 0 Å². The zero-order valence-corrected chi connectivity index (χ0v) is 12.0. The van der Waals surface area contributed by atoms with Gasteiger partial charge in [-0.2, -0.15) is 0 Å². The third kappa shape index (κ3) is 1.37. The fourth-order valence-electron chi connectivity index (χ4n) is 3.49. The number of benzene rings is 4. The minimum absolute atomic E-state index is 0.262. The van der Waals surface area contributed by atoms with Crippen LogP contribution in [0, 0.1) is 6.92 Å². The van der Waals surface area contributed by atoms with E-state index in [4.69, 9.17) is 4.42 Å². The topological polar surface area (TPSA) is 30.2 Å². The van der Waals surface area contributed by atoms with Gasteiger partial charge in [0.15, 0.2) is 0 Å². The van der Waals surface area contributed by atoms with E-state index in [9.17, 15) is 4.79 Å². The Kier molecular flexibility index (Phi) is 2.06. The molecule has 0 aliphatic heterocycles. The van der Waals surface area contributed by atoms with Gasteiger partial charge in [0, 0.05) is 21.7 Å². The van der Waals surface area contributed by atoms with Crippen LogP contribution in [0.2, 0.25) is 0 Å². The van der Waals surface area contributed by atoms with Crippen LogP contribution in [-0.2, 0) is 0 Å². The minimum Gasteiger partial charge on any atom is -0.422 e. The maximum atomic E-state index is 11.9. The zero-order chi connectivity index (χ0) is 14.8. The van der Waals surface area contributed by atoms with Crippen LogP contribution in [0.25, 0.3) is 43.3 Å². The maximum absolute atomic E-state index is 11.9. The average molecular weight is 284 g/mol. The first-order valence-corrected chi connectivity index (χ1v) is 7.33. The van der Waals surface area contributed by atoms with Gasteiger partial charge in [-0.3, -0.25) is 0 Å². The van der Waals surface area contributed by atoms with Gasteiger partial charge in [-0.05, 0) is 46.7 Å². The van der Waals surface area contributed by atoms with E-state index in [2.05, 4.69) is 48.5 Å². The third-order valence-electron chi connectivity index (χ3n) is 4.52. The van der Waals surface area contributed by atoms with Crippen LogP contribution in [-0.4, -0.2) is 0 Å². The predicted molar refractivity (Wildman–Crippen MR) is 90.9 cm³/mol. The summed E-state index contributed by atoms with van der Waals surface area (Å²) in [6, 6.07) is 18.8. The molecule has 0 aliphatic carbocycles. The van der Waals surface area contributed by atoms with Crippen LogP contribution < -0.4 is 5.63 Å². The molecule has 1 aromatic heterocycles. The molecule has 0 unspecified atom stereocenters. The lowest BCUT2D eigenvalue weighted by atomic mass is 9.93. The Morgan fingerprint density at radius 3 is 2.32 bits per heavy atom. The Morgan fingerprint density at radius 2 is 1.50 bits per heavy atom. The molecule has 5 rings (SSSR count). The molecule has 2 heteroatoms. The highest BCUT2D eigenvalue weighted by Crippen LogP contribution is 2.37. The van der Waals surface area contributed by atoms with E-state index < -0.39 is 0 Å². The molecule has 0 spiro atoms. The number of hydrogen-bond donors (Lipinski definition) is 0. The van der Waals surface area contributed by atoms with Crippen molar-refractivity contribution in [3.05, 3.63) is 70.6 Å². The normalized spacial score (nSPS) is 12.0. The summed E-state index contributed by atoms with van der Waals surface area (Å²) in [6.45, 7) is 1.79. The van der Waals surface area contributed by atoms with Gasteiger partial charge >= 0.3 is 5.63 Å². The Balaban J connectivity index is 2.18. The number of rotatable bonds is 0. The first-order chi connectivity index (χ1) is 10.7. The van der Waals surface area contributed by atoms with E-state index in [1.54, 1.807) is 6.92 Å². The van der Waals surface area contributed by atoms with Gasteiger partial charge in [0.1, 0.15) is 5.58 Å². The maximum Gasteiger partial charge on any atom is 0.339 e. The van der Waals surface area contributed by atoms with Crippen LogP contribution in [0.15, 0.2) is 63.8 Å². The lowest BCUT2D eigenvalue weighted by Gasteiger charge is -2.12. The van der Waals surface area contributed by atoms with E-state index in [1.165, 1.54) is 26.9 Å². The molecule has 0 saturated carbocycles. The first-order valence-electron chi connectivity index (χ1n) is 7.33. The highest BCUT2D eigenvalue weighted by Gasteiger charge is 2.13. The molecule has 0 amide bonds. The van der Waals surface area contributed by atoms with Crippen molar-refractivity contribution >= 4 is 43.3 Å². The molecule has 4 aromatic carbocycles. The van der Waals surface area contributed by atoms with Crippen molar-refractivity contribution in [2.24, 2.45) is 0 Å².